The number of hydrogen-bond donors (Lipinski definition) is 1. The van der Waals surface area contributed by atoms with Gasteiger partial charge in [0.2, 0.25) is 0 Å². The molecule has 3 nitrogen and oxygen atoms in total. The molecule has 0 aromatic heterocycles. The molecule has 22 heavy (non-hydrogen) atoms. The highest BCUT2D eigenvalue weighted by Crippen LogP contribution is 2.22. The van der Waals surface area contributed by atoms with Crippen LogP contribution in [0.3, 0.4) is 0 Å². The number of piperazine rings is 1. The molecule has 1 N–H and O–H groups in total. The lowest BCUT2D eigenvalue weighted by atomic mass is 9.94. The first-order valence-corrected chi connectivity index (χ1v) is 8.57. The van der Waals surface area contributed by atoms with Crippen molar-refractivity contribution in [3.63, 3.8) is 0 Å². The zero-order chi connectivity index (χ0) is 16.2. The van der Waals surface area contributed by atoms with Crippen LogP contribution in [0.2, 0.25) is 5.02 Å². The summed E-state index contributed by atoms with van der Waals surface area (Å²) in [6.45, 7) is 12.3. The van der Waals surface area contributed by atoms with E-state index in [1.54, 1.807) is 0 Å². The lowest BCUT2D eigenvalue weighted by Gasteiger charge is -2.44. The molecule has 0 bridgehead atoms. The third-order valence-corrected chi connectivity index (χ3v) is 4.36. The number of rotatable bonds is 5. The van der Waals surface area contributed by atoms with Gasteiger partial charge >= 0.3 is 0 Å². The molecular formula is C18H29ClN2O. The van der Waals surface area contributed by atoms with Crippen molar-refractivity contribution >= 4 is 11.6 Å². The first-order valence-electron chi connectivity index (χ1n) is 8.19. The van der Waals surface area contributed by atoms with E-state index in [2.05, 4.69) is 36.6 Å². The first-order chi connectivity index (χ1) is 10.4. The van der Waals surface area contributed by atoms with Crippen LogP contribution in [0.15, 0.2) is 24.3 Å². The highest BCUT2D eigenvalue weighted by molar-refractivity contribution is 6.30. The van der Waals surface area contributed by atoms with E-state index in [1.807, 2.05) is 18.2 Å². The molecule has 124 valence electrons. The summed E-state index contributed by atoms with van der Waals surface area (Å²) in [5, 5.41) is 10.2. The number of benzene rings is 1. The second-order valence-corrected chi connectivity index (χ2v) is 8.00. The van der Waals surface area contributed by atoms with Crippen LogP contribution in [-0.4, -0.2) is 53.7 Å². The van der Waals surface area contributed by atoms with E-state index >= 15 is 0 Å². The van der Waals surface area contributed by atoms with Crippen molar-refractivity contribution in [3.8, 4) is 0 Å². The van der Waals surface area contributed by atoms with Crippen molar-refractivity contribution in [1.82, 2.24) is 9.80 Å². The minimum absolute atomic E-state index is 0.260. The largest absolute Gasteiger partial charge is 0.396 e. The van der Waals surface area contributed by atoms with Crippen molar-refractivity contribution in [2.24, 2.45) is 5.41 Å². The predicted molar refractivity (Wildman–Crippen MR) is 93.2 cm³/mol. The van der Waals surface area contributed by atoms with E-state index in [9.17, 15) is 5.11 Å². The van der Waals surface area contributed by atoms with Gasteiger partial charge in [-0.2, -0.15) is 0 Å². The molecule has 2 rings (SSSR count). The average molecular weight is 325 g/mol. The molecule has 0 saturated carbocycles. The molecule has 1 aliphatic rings. The molecule has 1 heterocycles. The third-order valence-electron chi connectivity index (χ3n) is 4.12. The van der Waals surface area contributed by atoms with Gasteiger partial charge in [-0.3, -0.25) is 9.80 Å². The lowest BCUT2D eigenvalue weighted by molar-refractivity contribution is 0.0340. The Labute approximate surface area is 139 Å². The van der Waals surface area contributed by atoms with Crippen molar-refractivity contribution in [2.75, 3.05) is 32.8 Å². The number of nitrogens with zero attached hydrogens (tertiary/aromatic N) is 2. The van der Waals surface area contributed by atoms with Crippen molar-refractivity contribution in [2.45, 2.75) is 39.8 Å². The maximum absolute atomic E-state index is 9.38. The van der Waals surface area contributed by atoms with Crippen molar-refractivity contribution in [3.05, 3.63) is 34.9 Å². The summed E-state index contributed by atoms with van der Waals surface area (Å²) >= 11 is 6.08. The molecule has 0 spiro atoms. The fraction of sp³-hybridized carbons (Fsp3) is 0.667. The van der Waals surface area contributed by atoms with Gasteiger partial charge in [0.15, 0.2) is 0 Å². The van der Waals surface area contributed by atoms with Gasteiger partial charge in [-0.25, -0.2) is 0 Å². The Balaban J connectivity index is 1.97. The van der Waals surface area contributed by atoms with Crippen LogP contribution < -0.4 is 0 Å². The van der Waals surface area contributed by atoms with Crippen LogP contribution in [0.25, 0.3) is 0 Å². The topological polar surface area (TPSA) is 26.7 Å². The molecule has 1 saturated heterocycles. The monoisotopic (exact) mass is 324 g/mol. The van der Waals surface area contributed by atoms with Crippen LogP contribution in [0.5, 0.6) is 0 Å². The van der Waals surface area contributed by atoms with E-state index in [1.165, 1.54) is 5.56 Å². The first kappa shape index (κ1) is 17.7. The Hall–Kier alpha value is -0.610. The van der Waals surface area contributed by atoms with Crippen molar-refractivity contribution in [1.29, 1.82) is 0 Å². The molecule has 0 aliphatic carbocycles. The number of aliphatic hydroxyl groups excluding tert-OH is 1. The standard InChI is InChI=1S/C18H29ClN2O/c1-18(2,3)14-21-9-8-20(13-17(21)7-10-22)12-15-5-4-6-16(19)11-15/h4-6,11,17,22H,7-10,12-14H2,1-3H3. The smallest absolute Gasteiger partial charge is 0.0446 e. The number of hydrogen-bond acceptors (Lipinski definition) is 3. The molecule has 1 unspecified atom stereocenters. The summed E-state index contributed by atoms with van der Waals surface area (Å²) in [7, 11) is 0. The molecule has 1 fully saturated rings. The van der Waals surface area contributed by atoms with E-state index in [0.29, 0.717) is 11.5 Å². The molecule has 4 heteroatoms. The van der Waals surface area contributed by atoms with Gasteiger partial charge in [0.25, 0.3) is 0 Å². The third kappa shape index (κ3) is 5.54. The Morgan fingerprint density at radius 1 is 1.27 bits per heavy atom. The zero-order valence-electron chi connectivity index (χ0n) is 14.1. The second-order valence-electron chi connectivity index (χ2n) is 7.56. The molecule has 1 aliphatic heterocycles. The summed E-state index contributed by atoms with van der Waals surface area (Å²) in [6, 6.07) is 8.55. The van der Waals surface area contributed by atoms with Gasteiger partial charge in [0.1, 0.15) is 0 Å². The summed E-state index contributed by atoms with van der Waals surface area (Å²) in [6.07, 6.45) is 0.849. The summed E-state index contributed by atoms with van der Waals surface area (Å²) in [5.41, 5.74) is 1.56. The van der Waals surface area contributed by atoms with Gasteiger partial charge in [-0.15, -0.1) is 0 Å². The summed E-state index contributed by atoms with van der Waals surface area (Å²) < 4.78 is 0. The Morgan fingerprint density at radius 2 is 2.05 bits per heavy atom. The minimum Gasteiger partial charge on any atom is -0.396 e. The fourth-order valence-corrected chi connectivity index (χ4v) is 3.45. The Bertz CT molecular complexity index is 472. The highest BCUT2D eigenvalue weighted by Gasteiger charge is 2.29. The Kier molecular flexibility index (Phi) is 6.27. The van der Waals surface area contributed by atoms with Crippen LogP contribution in [0, 0.1) is 5.41 Å². The molecule has 1 aromatic rings. The predicted octanol–water partition coefficient (Wildman–Crippen LogP) is 3.25. The maximum Gasteiger partial charge on any atom is 0.0446 e. The highest BCUT2D eigenvalue weighted by atomic mass is 35.5. The Morgan fingerprint density at radius 3 is 2.68 bits per heavy atom. The minimum atomic E-state index is 0.260. The maximum atomic E-state index is 9.38. The molecule has 1 aromatic carbocycles. The summed E-state index contributed by atoms with van der Waals surface area (Å²) in [4.78, 5) is 5.02. The second kappa shape index (κ2) is 7.78. The van der Waals surface area contributed by atoms with Gasteiger partial charge in [0, 0.05) is 50.4 Å². The van der Waals surface area contributed by atoms with Gasteiger partial charge < -0.3 is 5.11 Å². The van der Waals surface area contributed by atoms with E-state index in [0.717, 1.165) is 44.2 Å². The molecule has 0 amide bonds. The van der Waals surface area contributed by atoms with Crippen molar-refractivity contribution < 1.29 is 5.11 Å². The van der Waals surface area contributed by atoms with Gasteiger partial charge in [-0.1, -0.05) is 44.5 Å². The quantitative estimate of drug-likeness (QED) is 0.900. The molecular weight excluding hydrogens is 296 g/mol. The van der Waals surface area contributed by atoms with Crippen LogP contribution in [0.4, 0.5) is 0 Å². The number of aliphatic hydroxyl groups is 1. The van der Waals surface area contributed by atoms with Gasteiger partial charge in [0.05, 0.1) is 0 Å². The van der Waals surface area contributed by atoms with E-state index in [-0.39, 0.29) is 6.61 Å². The fourth-order valence-electron chi connectivity index (χ4n) is 3.23. The molecule has 0 radical (unpaired) electrons. The van der Waals surface area contributed by atoms with E-state index < -0.39 is 0 Å². The molecule has 1 atom stereocenters. The number of halogens is 1. The van der Waals surface area contributed by atoms with E-state index in [4.69, 9.17) is 11.6 Å². The lowest BCUT2D eigenvalue weighted by Crippen LogP contribution is -2.54. The summed E-state index contributed by atoms with van der Waals surface area (Å²) in [5.74, 6) is 0. The SMILES string of the molecule is CC(C)(C)CN1CCN(Cc2cccc(Cl)c2)CC1CCO. The normalized spacial score (nSPS) is 21.2. The van der Waals surface area contributed by atoms with Crippen LogP contribution in [-0.2, 0) is 6.54 Å². The van der Waals surface area contributed by atoms with Crippen LogP contribution >= 0.6 is 11.6 Å². The average Bonchev–Trinajstić information content (AvgIpc) is 2.41. The van der Waals surface area contributed by atoms with Gasteiger partial charge in [-0.05, 0) is 29.5 Å². The van der Waals surface area contributed by atoms with Crippen LogP contribution in [0.1, 0.15) is 32.8 Å². The zero-order valence-corrected chi connectivity index (χ0v) is 14.8.